The number of esters is 2. The Kier molecular flexibility index (Phi) is 3.76. The molecule has 1 heterocycles. The van der Waals surface area contributed by atoms with Gasteiger partial charge in [-0.15, -0.1) is 0 Å². The van der Waals surface area contributed by atoms with E-state index < -0.39 is 40.8 Å². The van der Waals surface area contributed by atoms with Gasteiger partial charge in [-0.25, -0.2) is 22.8 Å². The van der Waals surface area contributed by atoms with Crippen molar-refractivity contribution in [3.8, 4) is 0 Å². The molecule has 0 unspecified atom stereocenters. The molecule has 2 rings (SSSR count). The third-order valence-corrected chi connectivity index (χ3v) is 2.73. The van der Waals surface area contributed by atoms with Crippen molar-refractivity contribution in [2.75, 3.05) is 0 Å². The summed E-state index contributed by atoms with van der Waals surface area (Å²) in [7, 11) is 0. The minimum Gasteiger partial charge on any atom is -0.419 e. The van der Waals surface area contributed by atoms with E-state index in [0.29, 0.717) is 12.1 Å². The van der Waals surface area contributed by atoms with E-state index in [1.54, 1.807) is 0 Å². The molecular formula is C14H11F3O4. The second-order valence-corrected chi connectivity index (χ2v) is 4.86. The highest BCUT2D eigenvalue weighted by Gasteiger charge is 2.38. The lowest BCUT2D eigenvalue weighted by Crippen LogP contribution is -2.41. The summed E-state index contributed by atoms with van der Waals surface area (Å²) in [6.07, 6.45) is 0.763. The predicted molar refractivity (Wildman–Crippen MR) is 64.4 cm³/mol. The molecule has 7 heteroatoms. The first-order valence-electron chi connectivity index (χ1n) is 6.00. The quantitative estimate of drug-likeness (QED) is 0.364. The summed E-state index contributed by atoms with van der Waals surface area (Å²) < 4.78 is 48.9. The van der Waals surface area contributed by atoms with Gasteiger partial charge in [-0.1, -0.05) is 6.08 Å². The van der Waals surface area contributed by atoms with Gasteiger partial charge in [-0.3, -0.25) is 0 Å². The number of hydrogen-bond donors (Lipinski definition) is 0. The molecule has 1 aromatic rings. The van der Waals surface area contributed by atoms with E-state index in [4.69, 9.17) is 9.47 Å². The van der Waals surface area contributed by atoms with Crippen LogP contribution in [0.1, 0.15) is 19.4 Å². The molecule has 0 bridgehead atoms. The van der Waals surface area contributed by atoms with Crippen molar-refractivity contribution >= 4 is 11.9 Å². The molecule has 4 nitrogen and oxygen atoms in total. The molecule has 0 aromatic heterocycles. The van der Waals surface area contributed by atoms with Crippen LogP contribution in [0.15, 0.2) is 23.8 Å². The number of ether oxygens (including phenoxy) is 2. The van der Waals surface area contributed by atoms with E-state index in [9.17, 15) is 22.8 Å². The van der Waals surface area contributed by atoms with Crippen LogP contribution in [0.25, 0.3) is 0 Å². The largest absolute Gasteiger partial charge is 0.419 e. The minimum atomic E-state index is -1.38. The first-order valence-corrected chi connectivity index (χ1v) is 6.00. The van der Waals surface area contributed by atoms with Crippen LogP contribution in [-0.2, 0) is 25.5 Å². The summed E-state index contributed by atoms with van der Waals surface area (Å²) in [5.74, 6) is -6.73. The molecule has 0 aliphatic carbocycles. The van der Waals surface area contributed by atoms with Crippen molar-refractivity contribution in [2.24, 2.45) is 0 Å². The lowest BCUT2D eigenvalue weighted by Gasteiger charge is -2.29. The zero-order chi connectivity index (χ0) is 15.8. The molecule has 1 aliphatic rings. The van der Waals surface area contributed by atoms with E-state index in [1.807, 2.05) is 0 Å². The Morgan fingerprint density at radius 2 is 1.52 bits per heavy atom. The van der Waals surface area contributed by atoms with E-state index >= 15 is 0 Å². The molecule has 21 heavy (non-hydrogen) atoms. The van der Waals surface area contributed by atoms with Crippen molar-refractivity contribution in [3.05, 3.63) is 46.8 Å². The summed E-state index contributed by atoms with van der Waals surface area (Å²) in [5.41, 5.74) is -0.620. The van der Waals surface area contributed by atoms with Gasteiger partial charge < -0.3 is 9.47 Å². The summed E-state index contributed by atoms with van der Waals surface area (Å²) in [5, 5.41) is 0. The second kappa shape index (κ2) is 5.23. The number of rotatable bonds is 2. The highest BCUT2D eigenvalue weighted by atomic mass is 19.2. The van der Waals surface area contributed by atoms with Crippen molar-refractivity contribution in [2.45, 2.75) is 26.1 Å². The van der Waals surface area contributed by atoms with Gasteiger partial charge in [0.05, 0.1) is 0 Å². The maximum Gasteiger partial charge on any atom is 0.348 e. The summed E-state index contributed by atoms with van der Waals surface area (Å²) in [6.45, 7) is 2.77. The Balaban J connectivity index is 2.24. The number of allylic oxidation sites excluding steroid dienone is 1. The Labute approximate surface area is 118 Å². The van der Waals surface area contributed by atoms with Crippen molar-refractivity contribution in [3.63, 3.8) is 0 Å². The first kappa shape index (κ1) is 15.1. The van der Waals surface area contributed by atoms with Crippen molar-refractivity contribution < 1.29 is 32.2 Å². The van der Waals surface area contributed by atoms with Crippen LogP contribution < -0.4 is 0 Å². The van der Waals surface area contributed by atoms with Gasteiger partial charge in [0.2, 0.25) is 0 Å². The maximum absolute atomic E-state index is 13.4. The smallest absolute Gasteiger partial charge is 0.348 e. The lowest BCUT2D eigenvalue weighted by molar-refractivity contribution is -0.222. The van der Waals surface area contributed by atoms with Crippen molar-refractivity contribution in [1.29, 1.82) is 0 Å². The van der Waals surface area contributed by atoms with Crippen LogP contribution in [0, 0.1) is 17.5 Å². The van der Waals surface area contributed by atoms with E-state index in [1.165, 1.54) is 13.8 Å². The molecule has 1 aliphatic heterocycles. The molecule has 0 radical (unpaired) electrons. The van der Waals surface area contributed by atoms with Gasteiger partial charge in [0.1, 0.15) is 11.4 Å². The summed E-state index contributed by atoms with van der Waals surface area (Å²) >= 11 is 0. The molecule has 0 N–H and O–H groups in total. The fourth-order valence-corrected chi connectivity index (χ4v) is 1.76. The molecule has 0 saturated carbocycles. The number of cyclic esters (lactones) is 2. The van der Waals surface area contributed by atoms with Gasteiger partial charge in [-0.05, 0) is 18.1 Å². The molecular weight excluding hydrogens is 289 g/mol. The lowest BCUT2D eigenvalue weighted by atomic mass is 10.1. The predicted octanol–water partition coefficient (Wildman–Crippen LogP) is 2.41. The van der Waals surface area contributed by atoms with Gasteiger partial charge in [0.15, 0.2) is 11.6 Å². The number of hydrogen-bond acceptors (Lipinski definition) is 4. The zero-order valence-electron chi connectivity index (χ0n) is 11.2. The van der Waals surface area contributed by atoms with E-state index in [-0.39, 0.29) is 12.0 Å². The van der Waals surface area contributed by atoms with Gasteiger partial charge in [0.25, 0.3) is 5.79 Å². The van der Waals surface area contributed by atoms with E-state index in [2.05, 4.69) is 0 Å². The maximum atomic E-state index is 13.4. The highest BCUT2D eigenvalue weighted by molar-refractivity contribution is 6.15. The SMILES string of the molecule is CC1(C)OC(=O)C(=CCc2cc(F)c(F)cc2F)C(=O)O1. The fourth-order valence-electron chi connectivity index (χ4n) is 1.76. The summed E-state index contributed by atoms with van der Waals surface area (Å²) in [4.78, 5) is 23.3. The number of carbonyl (C=O) groups excluding carboxylic acids is 2. The molecule has 0 atom stereocenters. The first-order chi connectivity index (χ1) is 9.69. The second-order valence-electron chi connectivity index (χ2n) is 4.86. The molecule has 1 saturated heterocycles. The molecule has 1 aromatic carbocycles. The number of benzene rings is 1. The highest BCUT2D eigenvalue weighted by Crippen LogP contribution is 2.23. The van der Waals surface area contributed by atoms with Gasteiger partial charge in [0, 0.05) is 19.9 Å². The Bertz CT molecular complexity index is 628. The molecule has 0 amide bonds. The van der Waals surface area contributed by atoms with Crippen LogP contribution in [0.4, 0.5) is 13.2 Å². The van der Waals surface area contributed by atoms with Gasteiger partial charge in [-0.2, -0.15) is 0 Å². The van der Waals surface area contributed by atoms with E-state index in [0.717, 1.165) is 6.08 Å². The molecule has 0 spiro atoms. The minimum absolute atomic E-state index is 0.202. The average Bonchev–Trinajstić information content (AvgIpc) is 2.32. The Morgan fingerprint density at radius 1 is 1.00 bits per heavy atom. The van der Waals surface area contributed by atoms with Crippen LogP contribution in [-0.4, -0.2) is 17.7 Å². The number of carbonyl (C=O) groups is 2. The standard InChI is InChI=1S/C14H11F3O4/c1-14(2)20-12(18)8(13(19)21-14)4-3-7-5-10(16)11(17)6-9(7)15/h4-6H,3H2,1-2H3. The Morgan fingerprint density at radius 3 is 2.10 bits per heavy atom. The third-order valence-electron chi connectivity index (χ3n) is 2.73. The fraction of sp³-hybridized carbons (Fsp3) is 0.286. The summed E-state index contributed by atoms with van der Waals surface area (Å²) in [6, 6.07) is 1.05. The normalized spacial score (nSPS) is 17.3. The van der Waals surface area contributed by atoms with Gasteiger partial charge >= 0.3 is 11.9 Å². The monoisotopic (exact) mass is 300 g/mol. The molecule has 112 valence electrons. The number of halogens is 3. The van der Waals surface area contributed by atoms with Crippen LogP contribution in [0.5, 0.6) is 0 Å². The van der Waals surface area contributed by atoms with Crippen LogP contribution in [0.2, 0.25) is 0 Å². The zero-order valence-corrected chi connectivity index (χ0v) is 11.2. The average molecular weight is 300 g/mol. The third kappa shape index (κ3) is 3.24. The van der Waals surface area contributed by atoms with Crippen LogP contribution in [0.3, 0.4) is 0 Å². The molecule has 1 fully saturated rings. The topological polar surface area (TPSA) is 52.6 Å². The van der Waals surface area contributed by atoms with Crippen LogP contribution >= 0.6 is 0 Å². The Hall–Kier alpha value is -2.31. The van der Waals surface area contributed by atoms with Crippen molar-refractivity contribution in [1.82, 2.24) is 0 Å².